The monoisotopic (exact) mass is 292 g/mol. The second-order valence-electron chi connectivity index (χ2n) is 6.50. The van der Waals surface area contributed by atoms with E-state index in [0.717, 1.165) is 25.4 Å². The summed E-state index contributed by atoms with van der Waals surface area (Å²) in [4.78, 5) is 2.48. The van der Waals surface area contributed by atoms with Gasteiger partial charge in [0.1, 0.15) is 5.75 Å². The normalized spacial score (nSPS) is 23.8. The van der Waals surface area contributed by atoms with E-state index in [1.54, 1.807) is 7.11 Å². The van der Waals surface area contributed by atoms with E-state index in [1.807, 2.05) is 19.2 Å². The molecule has 2 unspecified atom stereocenters. The van der Waals surface area contributed by atoms with Gasteiger partial charge < -0.3 is 14.8 Å². The maximum absolute atomic E-state index is 5.98. The quantitative estimate of drug-likeness (QED) is 0.904. The highest BCUT2D eigenvalue weighted by Gasteiger charge is 2.32. The van der Waals surface area contributed by atoms with E-state index in [1.165, 1.54) is 5.56 Å². The van der Waals surface area contributed by atoms with Crippen LogP contribution in [0.25, 0.3) is 0 Å². The Balaban J connectivity index is 2.07. The third-order valence-electron chi connectivity index (χ3n) is 3.93. The molecule has 4 heteroatoms. The first kappa shape index (κ1) is 16.3. The summed E-state index contributed by atoms with van der Waals surface area (Å²) in [6.45, 7) is 9.38. The van der Waals surface area contributed by atoms with Crippen LogP contribution in [-0.2, 0) is 4.74 Å². The highest BCUT2D eigenvalue weighted by atomic mass is 16.5. The first-order valence-electron chi connectivity index (χ1n) is 7.65. The third-order valence-corrected chi connectivity index (χ3v) is 3.93. The Labute approximate surface area is 128 Å². The molecule has 2 atom stereocenters. The molecular weight excluding hydrogens is 264 g/mol. The molecule has 1 saturated heterocycles. The summed E-state index contributed by atoms with van der Waals surface area (Å²) in [5, 5.41) is 3.42. The van der Waals surface area contributed by atoms with Crippen molar-refractivity contribution in [2.45, 2.75) is 38.5 Å². The highest BCUT2D eigenvalue weighted by molar-refractivity contribution is 5.30. The summed E-state index contributed by atoms with van der Waals surface area (Å²) >= 11 is 0. The minimum atomic E-state index is -0.0790. The van der Waals surface area contributed by atoms with Gasteiger partial charge in [-0.25, -0.2) is 0 Å². The second kappa shape index (κ2) is 6.77. The molecule has 1 N–H and O–H groups in total. The number of nitrogens with one attached hydrogen (secondary N) is 1. The topological polar surface area (TPSA) is 33.7 Å². The molecule has 118 valence electrons. The summed E-state index contributed by atoms with van der Waals surface area (Å²) in [7, 11) is 3.72. The average molecular weight is 292 g/mol. The molecule has 1 aliphatic heterocycles. The second-order valence-corrected chi connectivity index (χ2v) is 6.50. The number of hydrogen-bond acceptors (Lipinski definition) is 4. The molecule has 1 aromatic rings. The lowest BCUT2D eigenvalue weighted by molar-refractivity contribution is -0.129. The van der Waals surface area contributed by atoms with Gasteiger partial charge >= 0.3 is 0 Å². The molecule has 0 spiro atoms. The molecule has 2 rings (SSSR count). The van der Waals surface area contributed by atoms with E-state index in [9.17, 15) is 0 Å². The molecule has 0 amide bonds. The van der Waals surface area contributed by atoms with E-state index in [-0.39, 0.29) is 11.7 Å². The molecule has 1 aromatic carbocycles. The van der Waals surface area contributed by atoms with Crippen molar-refractivity contribution in [2.75, 3.05) is 33.8 Å². The van der Waals surface area contributed by atoms with Gasteiger partial charge in [-0.3, -0.25) is 4.90 Å². The largest absolute Gasteiger partial charge is 0.497 e. The molecule has 0 radical (unpaired) electrons. The van der Waals surface area contributed by atoms with Crippen LogP contribution < -0.4 is 10.1 Å². The SMILES string of the molecule is CNC(CN1CC(C)OC(C)(C)C1)c1cccc(OC)c1. The van der Waals surface area contributed by atoms with Gasteiger partial charge in [0, 0.05) is 25.7 Å². The lowest BCUT2D eigenvalue weighted by atomic mass is 10.0. The van der Waals surface area contributed by atoms with Crippen LogP contribution in [0.15, 0.2) is 24.3 Å². The molecule has 0 aromatic heterocycles. The van der Waals surface area contributed by atoms with Crippen LogP contribution in [0.2, 0.25) is 0 Å². The Morgan fingerprint density at radius 1 is 1.48 bits per heavy atom. The summed E-state index contributed by atoms with van der Waals surface area (Å²) in [6, 6.07) is 8.58. The summed E-state index contributed by atoms with van der Waals surface area (Å²) in [5.74, 6) is 0.906. The van der Waals surface area contributed by atoms with Gasteiger partial charge in [-0.05, 0) is 45.5 Å². The molecule has 4 nitrogen and oxygen atoms in total. The zero-order valence-corrected chi connectivity index (χ0v) is 13.8. The molecule has 0 aliphatic carbocycles. The fourth-order valence-electron chi connectivity index (χ4n) is 3.20. The van der Waals surface area contributed by atoms with Gasteiger partial charge in [0.25, 0.3) is 0 Å². The number of rotatable bonds is 5. The number of nitrogens with zero attached hydrogens (tertiary/aromatic N) is 1. The molecule has 0 bridgehead atoms. The zero-order chi connectivity index (χ0) is 15.5. The van der Waals surface area contributed by atoms with Gasteiger partial charge in [0.05, 0.1) is 18.8 Å². The summed E-state index contributed by atoms with van der Waals surface area (Å²) in [6.07, 6.45) is 0.275. The van der Waals surface area contributed by atoms with Crippen molar-refractivity contribution >= 4 is 0 Å². The Bertz CT molecular complexity index is 462. The van der Waals surface area contributed by atoms with Crippen LogP contribution in [0.1, 0.15) is 32.4 Å². The van der Waals surface area contributed by atoms with Crippen molar-refractivity contribution in [2.24, 2.45) is 0 Å². The van der Waals surface area contributed by atoms with E-state index in [2.05, 4.69) is 43.1 Å². The van der Waals surface area contributed by atoms with Gasteiger partial charge in [-0.1, -0.05) is 12.1 Å². The predicted octanol–water partition coefficient (Wildman–Crippen LogP) is 2.46. The summed E-state index contributed by atoms with van der Waals surface area (Å²) in [5.41, 5.74) is 1.18. The van der Waals surface area contributed by atoms with E-state index < -0.39 is 0 Å². The van der Waals surface area contributed by atoms with Crippen molar-refractivity contribution in [1.82, 2.24) is 10.2 Å². The Morgan fingerprint density at radius 3 is 2.86 bits per heavy atom. The number of morpholine rings is 1. The van der Waals surface area contributed by atoms with Crippen LogP contribution in [0.3, 0.4) is 0 Å². The first-order chi connectivity index (χ1) is 9.93. The molecule has 1 fully saturated rings. The lowest BCUT2D eigenvalue weighted by Gasteiger charge is -2.43. The number of benzene rings is 1. The Kier molecular flexibility index (Phi) is 5.25. The average Bonchev–Trinajstić information content (AvgIpc) is 2.42. The van der Waals surface area contributed by atoms with Crippen LogP contribution in [0, 0.1) is 0 Å². The van der Waals surface area contributed by atoms with Crippen LogP contribution in [0.5, 0.6) is 5.75 Å². The molecule has 1 aliphatic rings. The molecule has 21 heavy (non-hydrogen) atoms. The van der Waals surface area contributed by atoms with Gasteiger partial charge in [0.2, 0.25) is 0 Å². The van der Waals surface area contributed by atoms with Crippen molar-refractivity contribution in [3.63, 3.8) is 0 Å². The third kappa shape index (κ3) is 4.43. The van der Waals surface area contributed by atoms with Crippen molar-refractivity contribution in [1.29, 1.82) is 0 Å². The fourth-order valence-corrected chi connectivity index (χ4v) is 3.20. The van der Waals surface area contributed by atoms with Gasteiger partial charge in [0.15, 0.2) is 0 Å². The maximum atomic E-state index is 5.98. The van der Waals surface area contributed by atoms with Crippen molar-refractivity contribution in [3.8, 4) is 5.75 Å². The van der Waals surface area contributed by atoms with Gasteiger partial charge in [-0.15, -0.1) is 0 Å². The number of likely N-dealkylation sites (N-methyl/N-ethyl adjacent to an activating group) is 1. The van der Waals surface area contributed by atoms with E-state index in [4.69, 9.17) is 9.47 Å². The van der Waals surface area contributed by atoms with Gasteiger partial charge in [-0.2, -0.15) is 0 Å². The standard InChI is InChI=1S/C17H28N2O2/c1-13-10-19(12-17(2,3)21-13)11-16(18-4)14-7-6-8-15(9-14)20-5/h6-9,13,16,18H,10-12H2,1-5H3. The van der Waals surface area contributed by atoms with Crippen molar-refractivity contribution < 1.29 is 9.47 Å². The zero-order valence-electron chi connectivity index (χ0n) is 13.8. The molecule has 0 saturated carbocycles. The van der Waals surface area contributed by atoms with Crippen LogP contribution in [-0.4, -0.2) is 50.4 Å². The minimum absolute atomic E-state index is 0.0790. The minimum Gasteiger partial charge on any atom is -0.497 e. The number of methoxy groups -OCH3 is 1. The Hall–Kier alpha value is -1.10. The fraction of sp³-hybridized carbons (Fsp3) is 0.647. The number of hydrogen-bond donors (Lipinski definition) is 1. The predicted molar refractivity (Wildman–Crippen MR) is 85.9 cm³/mol. The number of ether oxygens (including phenoxy) is 2. The highest BCUT2D eigenvalue weighted by Crippen LogP contribution is 2.24. The maximum Gasteiger partial charge on any atom is 0.119 e. The van der Waals surface area contributed by atoms with E-state index >= 15 is 0 Å². The van der Waals surface area contributed by atoms with E-state index in [0.29, 0.717) is 6.04 Å². The van der Waals surface area contributed by atoms with Crippen molar-refractivity contribution in [3.05, 3.63) is 29.8 Å². The molecular formula is C17H28N2O2. The van der Waals surface area contributed by atoms with Crippen LogP contribution >= 0.6 is 0 Å². The molecule has 1 heterocycles. The first-order valence-corrected chi connectivity index (χ1v) is 7.65. The Morgan fingerprint density at radius 2 is 2.24 bits per heavy atom. The smallest absolute Gasteiger partial charge is 0.119 e. The lowest BCUT2D eigenvalue weighted by Crippen LogP contribution is -2.53. The van der Waals surface area contributed by atoms with Crippen LogP contribution in [0.4, 0.5) is 0 Å². The summed E-state index contributed by atoms with van der Waals surface area (Å²) < 4.78 is 11.3.